The Balaban J connectivity index is 1.58. The van der Waals surface area contributed by atoms with Crippen molar-refractivity contribution < 1.29 is 8.42 Å². The molecule has 0 spiro atoms. The molecule has 0 fully saturated rings. The summed E-state index contributed by atoms with van der Waals surface area (Å²) in [4.78, 5) is 4.78. The summed E-state index contributed by atoms with van der Waals surface area (Å²) in [6.45, 7) is 2.72. The lowest BCUT2D eigenvalue weighted by Crippen LogP contribution is -2.14. The fourth-order valence-electron chi connectivity index (χ4n) is 2.83. The van der Waals surface area contributed by atoms with E-state index in [4.69, 9.17) is 11.6 Å². The van der Waals surface area contributed by atoms with Gasteiger partial charge in [0.1, 0.15) is 0 Å². The van der Waals surface area contributed by atoms with Crippen molar-refractivity contribution in [1.82, 2.24) is 9.55 Å². The molecule has 0 aliphatic carbocycles. The number of rotatable bonds is 4. The molecule has 2 aromatic carbocycles. The highest BCUT2D eigenvalue weighted by atomic mass is 35.5. The zero-order chi connectivity index (χ0) is 18.3. The number of halogens is 1. The van der Waals surface area contributed by atoms with Gasteiger partial charge in [0.15, 0.2) is 5.16 Å². The first-order valence-electron chi connectivity index (χ1n) is 8.02. The number of aryl methyl sites for hydroxylation is 2. The summed E-state index contributed by atoms with van der Waals surface area (Å²) in [5, 5.41) is 1.42. The van der Waals surface area contributed by atoms with Crippen LogP contribution in [-0.2, 0) is 16.6 Å². The van der Waals surface area contributed by atoms with Crippen LogP contribution in [-0.4, -0.2) is 23.7 Å². The Morgan fingerprint density at radius 3 is 2.69 bits per heavy atom. The highest BCUT2D eigenvalue weighted by molar-refractivity contribution is 7.99. The number of hydrogen-bond donors (Lipinski definition) is 1. The normalized spacial score (nSPS) is 13.6. The van der Waals surface area contributed by atoms with Crippen molar-refractivity contribution in [2.75, 3.05) is 10.5 Å². The molecule has 5 nitrogen and oxygen atoms in total. The molecule has 1 aliphatic heterocycles. The summed E-state index contributed by atoms with van der Waals surface area (Å²) >= 11 is 7.69. The maximum Gasteiger partial charge on any atom is 0.262 e. The molecular formula is C18H16ClN3O2S2. The van der Waals surface area contributed by atoms with Gasteiger partial charge in [0, 0.05) is 34.8 Å². The number of thioether (sulfide) groups is 1. The van der Waals surface area contributed by atoms with Crippen LogP contribution in [0.4, 0.5) is 5.69 Å². The van der Waals surface area contributed by atoms with Crippen molar-refractivity contribution in [2.24, 2.45) is 0 Å². The molecule has 4 rings (SSSR count). The van der Waals surface area contributed by atoms with E-state index in [1.807, 2.05) is 18.3 Å². The van der Waals surface area contributed by atoms with Crippen molar-refractivity contribution >= 4 is 39.1 Å². The molecule has 1 aliphatic rings. The van der Waals surface area contributed by atoms with Gasteiger partial charge < -0.3 is 4.57 Å². The SMILES string of the molecule is Cc1ccc(Cl)cc1S(=O)(=O)Nc1ccc(-c2cn3c(n2)SCC3)cc1. The first-order chi connectivity index (χ1) is 12.4. The maximum absolute atomic E-state index is 12.6. The second-order valence-electron chi connectivity index (χ2n) is 6.04. The van der Waals surface area contributed by atoms with E-state index in [1.54, 1.807) is 43.0 Å². The number of anilines is 1. The van der Waals surface area contributed by atoms with E-state index in [9.17, 15) is 8.42 Å². The summed E-state index contributed by atoms with van der Waals surface area (Å²) in [6.07, 6.45) is 2.03. The minimum Gasteiger partial charge on any atom is -0.325 e. The molecule has 0 radical (unpaired) electrons. The second-order valence-corrected chi connectivity index (χ2v) is 9.19. The third-order valence-corrected chi connectivity index (χ3v) is 6.90. The number of benzene rings is 2. The van der Waals surface area contributed by atoms with Gasteiger partial charge in [-0.1, -0.05) is 41.6 Å². The van der Waals surface area contributed by atoms with Crippen LogP contribution in [0, 0.1) is 6.92 Å². The minimum atomic E-state index is -3.70. The molecular weight excluding hydrogens is 390 g/mol. The zero-order valence-corrected chi connectivity index (χ0v) is 16.3. The molecule has 0 bridgehead atoms. The van der Waals surface area contributed by atoms with Gasteiger partial charge >= 0.3 is 0 Å². The van der Waals surface area contributed by atoms with Gasteiger partial charge in [0.05, 0.1) is 10.6 Å². The molecule has 0 unspecified atom stereocenters. The van der Waals surface area contributed by atoms with E-state index < -0.39 is 10.0 Å². The second kappa shape index (κ2) is 6.64. The maximum atomic E-state index is 12.6. The Morgan fingerprint density at radius 2 is 1.96 bits per heavy atom. The average molecular weight is 406 g/mol. The minimum absolute atomic E-state index is 0.177. The molecule has 8 heteroatoms. The Labute approximate surface area is 161 Å². The van der Waals surface area contributed by atoms with Crippen LogP contribution in [0.15, 0.2) is 58.7 Å². The Bertz CT molecular complexity index is 1050. The van der Waals surface area contributed by atoms with Gasteiger partial charge in [-0.3, -0.25) is 4.72 Å². The largest absolute Gasteiger partial charge is 0.325 e. The van der Waals surface area contributed by atoms with Gasteiger partial charge in [0.2, 0.25) is 0 Å². The molecule has 1 aromatic heterocycles. The van der Waals surface area contributed by atoms with Crippen molar-refractivity contribution in [3.05, 3.63) is 59.2 Å². The molecule has 26 heavy (non-hydrogen) atoms. The molecule has 134 valence electrons. The summed E-state index contributed by atoms with van der Waals surface area (Å²) in [5.74, 6) is 1.06. The fraction of sp³-hybridized carbons (Fsp3) is 0.167. The summed E-state index contributed by atoms with van der Waals surface area (Å²) < 4.78 is 30.0. The van der Waals surface area contributed by atoms with Crippen molar-refractivity contribution in [2.45, 2.75) is 23.5 Å². The van der Waals surface area contributed by atoms with Gasteiger partial charge in [-0.15, -0.1) is 0 Å². The third kappa shape index (κ3) is 3.34. The molecule has 0 saturated heterocycles. The summed E-state index contributed by atoms with van der Waals surface area (Å²) in [5.41, 5.74) is 2.99. The van der Waals surface area contributed by atoms with Crippen molar-refractivity contribution in [3.63, 3.8) is 0 Å². The van der Waals surface area contributed by atoms with Gasteiger partial charge in [-0.05, 0) is 36.8 Å². The lowest BCUT2D eigenvalue weighted by atomic mass is 10.1. The fourth-order valence-corrected chi connectivity index (χ4v) is 5.34. The predicted octanol–water partition coefficient (Wildman–Crippen LogP) is 4.42. The Hall–Kier alpha value is -1.96. The van der Waals surface area contributed by atoms with Crippen LogP contribution in [0.25, 0.3) is 11.3 Å². The average Bonchev–Trinajstić information content (AvgIpc) is 3.19. The van der Waals surface area contributed by atoms with Crippen LogP contribution in [0.3, 0.4) is 0 Å². The number of imidazole rings is 1. The lowest BCUT2D eigenvalue weighted by Gasteiger charge is -2.11. The van der Waals surface area contributed by atoms with E-state index in [0.29, 0.717) is 16.3 Å². The summed E-state index contributed by atoms with van der Waals surface area (Å²) in [7, 11) is -3.70. The Morgan fingerprint density at radius 1 is 1.19 bits per heavy atom. The first kappa shape index (κ1) is 17.5. The molecule has 0 atom stereocenters. The lowest BCUT2D eigenvalue weighted by molar-refractivity contribution is 0.600. The quantitative estimate of drug-likeness (QED) is 0.697. The summed E-state index contributed by atoms with van der Waals surface area (Å²) in [6, 6.07) is 12.0. The number of hydrogen-bond acceptors (Lipinski definition) is 4. The van der Waals surface area contributed by atoms with Gasteiger partial charge in [-0.2, -0.15) is 0 Å². The van der Waals surface area contributed by atoms with Crippen LogP contribution in [0.1, 0.15) is 5.56 Å². The van der Waals surface area contributed by atoms with E-state index in [0.717, 1.165) is 28.7 Å². The number of sulfonamides is 1. The third-order valence-electron chi connectivity index (χ3n) is 4.18. The number of nitrogens with one attached hydrogen (secondary N) is 1. The van der Waals surface area contributed by atoms with Crippen molar-refractivity contribution in [1.29, 1.82) is 0 Å². The predicted molar refractivity (Wildman–Crippen MR) is 105 cm³/mol. The van der Waals surface area contributed by atoms with Crippen molar-refractivity contribution in [3.8, 4) is 11.3 Å². The van der Waals surface area contributed by atoms with E-state index >= 15 is 0 Å². The van der Waals surface area contributed by atoms with Crippen LogP contribution in [0.2, 0.25) is 5.02 Å². The number of fused-ring (bicyclic) bond motifs is 1. The molecule has 1 N–H and O–H groups in total. The van der Waals surface area contributed by atoms with Crippen LogP contribution in [0.5, 0.6) is 0 Å². The molecule has 3 aromatic rings. The smallest absolute Gasteiger partial charge is 0.262 e. The van der Waals surface area contributed by atoms with Gasteiger partial charge in [0.25, 0.3) is 10.0 Å². The molecule has 0 amide bonds. The van der Waals surface area contributed by atoms with Crippen LogP contribution < -0.4 is 4.72 Å². The number of aromatic nitrogens is 2. The highest BCUT2D eigenvalue weighted by Crippen LogP contribution is 2.30. The molecule has 2 heterocycles. The van der Waals surface area contributed by atoms with E-state index in [2.05, 4.69) is 14.3 Å². The Kier molecular flexibility index (Phi) is 4.46. The topological polar surface area (TPSA) is 64.0 Å². The van der Waals surface area contributed by atoms with Crippen LogP contribution >= 0.6 is 23.4 Å². The zero-order valence-electron chi connectivity index (χ0n) is 13.9. The van der Waals surface area contributed by atoms with E-state index in [-0.39, 0.29) is 4.90 Å². The first-order valence-corrected chi connectivity index (χ1v) is 10.9. The molecule has 0 saturated carbocycles. The van der Waals surface area contributed by atoms with E-state index in [1.165, 1.54) is 6.07 Å². The van der Waals surface area contributed by atoms with Gasteiger partial charge in [-0.25, -0.2) is 13.4 Å². The highest BCUT2D eigenvalue weighted by Gasteiger charge is 2.18. The monoisotopic (exact) mass is 405 g/mol. The standard InChI is InChI=1S/C18H16ClN3O2S2/c1-12-2-5-14(19)10-17(12)26(23,24)21-15-6-3-13(4-7-15)16-11-22-8-9-25-18(22)20-16/h2-7,10-11,21H,8-9H2,1H3. The number of nitrogens with zero attached hydrogens (tertiary/aromatic N) is 2.